The molecule has 0 aromatic carbocycles. The number of aliphatic hydroxyl groups excluding tert-OH is 1. The molecule has 0 saturated carbocycles. The van der Waals surface area contributed by atoms with Crippen molar-refractivity contribution in [2.75, 3.05) is 6.61 Å². The monoisotopic (exact) mass is 116 g/mol. The second-order valence-electron chi connectivity index (χ2n) is 1.49. The lowest BCUT2D eigenvalue weighted by molar-refractivity contribution is 0.287. The second-order valence-corrected chi connectivity index (χ2v) is 1.49. The van der Waals surface area contributed by atoms with Crippen molar-refractivity contribution in [3.05, 3.63) is 12.7 Å². The van der Waals surface area contributed by atoms with Crippen LogP contribution in [0.4, 0.5) is 0 Å². The summed E-state index contributed by atoms with van der Waals surface area (Å²) in [6.07, 6.45) is 3.79. The number of allylic oxidation sites excluding steroid dienone is 1. The van der Waals surface area contributed by atoms with Gasteiger partial charge in [-0.25, -0.2) is 0 Å². The lowest BCUT2D eigenvalue weighted by Gasteiger charge is -1.79. The molecule has 1 heteroatoms. The summed E-state index contributed by atoms with van der Waals surface area (Å²) in [5.41, 5.74) is 0. The van der Waals surface area contributed by atoms with Crippen LogP contribution in [0.5, 0.6) is 0 Å². The highest BCUT2D eigenvalue weighted by atomic mass is 16.2. The van der Waals surface area contributed by atoms with Crippen molar-refractivity contribution >= 4 is 0 Å². The minimum Gasteiger partial charge on any atom is -0.396 e. The molecule has 8 heavy (non-hydrogen) atoms. The zero-order valence-corrected chi connectivity index (χ0v) is 5.85. The molecule has 0 spiro atoms. The minimum absolute atomic E-state index is 0.344. The van der Waals surface area contributed by atoms with E-state index in [0.29, 0.717) is 6.61 Å². The first-order valence-electron chi connectivity index (χ1n) is 3.01. The third kappa shape index (κ3) is 43.6. The van der Waals surface area contributed by atoms with E-state index in [9.17, 15) is 0 Å². The summed E-state index contributed by atoms with van der Waals surface area (Å²) in [6.45, 7) is 7.65. The van der Waals surface area contributed by atoms with Crippen LogP contribution in [-0.4, -0.2) is 11.7 Å². The molecule has 0 aliphatic rings. The first-order valence-corrected chi connectivity index (χ1v) is 3.01. The van der Waals surface area contributed by atoms with E-state index >= 15 is 0 Å². The Hall–Kier alpha value is -0.300. The Morgan fingerprint density at radius 3 is 2.00 bits per heavy atom. The van der Waals surface area contributed by atoms with Gasteiger partial charge < -0.3 is 5.11 Å². The zero-order valence-electron chi connectivity index (χ0n) is 5.85. The van der Waals surface area contributed by atoms with E-state index < -0.39 is 0 Å². The minimum atomic E-state index is 0.344. The van der Waals surface area contributed by atoms with Crippen LogP contribution in [0.25, 0.3) is 0 Å². The molecule has 0 aromatic heterocycles. The number of aliphatic hydroxyl groups is 1. The molecule has 0 heterocycles. The largest absolute Gasteiger partial charge is 0.396 e. The Morgan fingerprint density at radius 2 is 2.00 bits per heavy atom. The fraction of sp³-hybridized carbons (Fsp3) is 0.714. The SMILES string of the molecule is C=CC.CCCCO. The van der Waals surface area contributed by atoms with Crippen molar-refractivity contribution in [1.82, 2.24) is 0 Å². The normalized spacial score (nSPS) is 6.88. The van der Waals surface area contributed by atoms with Gasteiger partial charge in [-0.2, -0.15) is 0 Å². The van der Waals surface area contributed by atoms with Gasteiger partial charge in [-0.3, -0.25) is 0 Å². The molecule has 0 aliphatic carbocycles. The highest BCUT2D eigenvalue weighted by Gasteiger charge is 1.69. The molecule has 0 unspecified atom stereocenters. The fourth-order valence-electron chi connectivity index (χ4n) is 0.158. The van der Waals surface area contributed by atoms with E-state index in [1.54, 1.807) is 6.08 Å². The Balaban J connectivity index is 0. The maximum atomic E-state index is 8.07. The van der Waals surface area contributed by atoms with Crippen LogP contribution in [0.2, 0.25) is 0 Å². The summed E-state index contributed by atoms with van der Waals surface area (Å²) in [4.78, 5) is 0. The molecule has 0 atom stereocenters. The van der Waals surface area contributed by atoms with Crippen molar-refractivity contribution < 1.29 is 5.11 Å². The predicted octanol–water partition coefficient (Wildman–Crippen LogP) is 1.97. The Kier molecular flexibility index (Phi) is 21.1. The van der Waals surface area contributed by atoms with Crippen LogP contribution in [-0.2, 0) is 0 Å². The first kappa shape index (κ1) is 10.6. The van der Waals surface area contributed by atoms with Gasteiger partial charge >= 0.3 is 0 Å². The highest BCUT2D eigenvalue weighted by molar-refractivity contribution is 4.51. The van der Waals surface area contributed by atoms with Crippen molar-refractivity contribution in [3.63, 3.8) is 0 Å². The Bertz CT molecular complexity index is 31.4. The average molecular weight is 116 g/mol. The third-order valence-electron chi connectivity index (χ3n) is 0.512. The summed E-state index contributed by atoms with van der Waals surface area (Å²) in [5.74, 6) is 0. The van der Waals surface area contributed by atoms with E-state index in [1.807, 2.05) is 6.92 Å². The molecular weight excluding hydrogens is 100 g/mol. The summed E-state index contributed by atoms with van der Waals surface area (Å²) < 4.78 is 0. The fourth-order valence-corrected chi connectivity index (χ4v) is 0.158. The Labute approximate surface area is 52.0 Å². The molecule has 0 radical (unpaired) electrons. The van der Waals surface area contributed by atoms with Gasteiger partial charge in [-0.05, 0) is 13.3 Å². The lowest BCUT2D eigenvalue weighted by atomic mass is 10.4. The first-order chi connectivity index (χ1) is 3.83. The summed E-state index contributed by atoms with van der Waals surface area (Å²) >= 11 is 0. The van der Waals surface area contributed by atoms with Crippen LogP contribution in [0.15, 0.2) is 12.7 Å². The smallest absolute Gasteiger partial charge is 0.0430 e. The third-order valence-corrected chi connectivity index (χ3v) is 0.512. The maximum absolute atomic E-state index is 8.07. The topological polar surface area (TPSA) is 20.2 Å². The van der Waals surface area contributed by atoms with Crippen molar-refractivity contribution in [3.8, 4) is 0 Å². The van der Waals surface area contributed by atoms with Gasteiger partial charge in [0.2, 0.25) is 0 Å². The van der Waals surface area contributed by atoms with Gasteiger partial charge in [0.15, 0.2) is 0 Å². The van der Waals surface area contributed by atoms with Crippen LogP contribution >= 0.6 is 0 Å². The molecule has 1 N–H and O–H groups in total. The molecule has 50 valence electrons. The van der Waals surface area contributed by atoms with Crippen molar-refractivity contribution in [2.45, 2.75) is 26.7 Å². The van der Waals surface area contributed by atoms with Crippen molar-refractivity contribution in [2.24, 2.45) is 0 Å². The Morgan fingerprint density at radius 1 is 1.62 bits per heavy atom. The van der Waals surface area contributed by atoms with Gasteiger partial charge in [0.05, 0.1) is 0 Å². The molecule has 0 aliphatic heterocycles. The van der Waals surface area contributed by atoms with Gasteiger partial charge in [-0.15, -0.1) is 6.58 Å². The van der Waals surface area contributed by atoms with Crippen molar-refractivity contribution in [1.29, 1.82) is 0 Å². The van der Waals surface area contributed by atoms with Gasteiger partial charge in [0, 0.05) is 6.61 Å². The molecule has 1 nitrogen and oxygen atoms in total. The number of hydrogen-bond acceptors (Lipinski definition) is 1. The van der Waals surface area contributed by atoms with Gasteiger partial charge in [0.1, 0.15) is 0 Å². The number of hydrogen-bond donors (Lipinski definition) is 1. The standard InChI is InChI=1S/C4H10O.C3H6/c1-2-3-4-5;1-3-2/h5H,2-4H2,1H3;3H,1H2,2H3. The summed E-state index contributed by atoms with van der Waals surface area (Å²) in [6, 6.07) is 0. The molecule has 0 bridgehead atoms. The van der Waals surface area contributed by atoms with E-state index in [1.165, 1.54) is 0 Å². The molecular formula is C7H16O. The van der Waals surface area contributed by atoms with Crippen LogP contribution < -0.4 is 0 Å². The van der Waals surface area contributed by atoms with E-state index in [4.69, 9.17) is 5.11 Å². The van der Waals surface area contributed by atoms with Gasteiger partial charge in [0.25, 0.3) is 0 Å². The molecule has 0 saturated heterocycles. The molecule has 0 rings (SSSR count). The van der Waals surface area contributed by atoms with Crippen LogP contribution in [0, 0.1) is 0 Å². The maximum Gasteiger partial charge on any atom is 0.0430 e. The van der Waals surface area contributed by atoms with Gasteiger partial charge in [-0.1, -0.05) is 19.4 Å². The highest BCUT2D eigenvalue weighted by Crippen LogP contribution is 1.78. The lowest BCUT2D eigenvalue weighted by Crippen LogP contribution is -1.75. The predicted molar refractivity (Wildman–Crippen MR) is 37.9 cm³/mol. The average Bonchev–Trinajstić information content (AvgIpc) is 1.71. The summed E-state index contributed by atoms with van der Waals surface area (Å²) in [5, 5.41) is 8.07. The van der Waals surface area contributed by atoms with E-state index in [2.05, 4.69) is 13.5 Å². The number of rotatable bonds is 2. The second kappa shape index (κ2) is 15.9. The van der Waals surface area contributed by atoms with Crippen LogP contribution in [0.3, 0.4) is 0 Å². The summed E-state index contributed by atoms with van der Waals surface area (Å²) in [7, 11) is 0. The zero-order chi connectivity index (χ0) is 6.83. The number of unbranched alkanes of at least 4 members (excludes halogenated alkanes) is 1. The van der Waals surface area contributed by atoms with E-state index in [0.717, 1.165) is 12.8 Å². The molecule has 0 amide bonds. The quantitative estimate of drug-likeness (QED) is 0.547. The molecule has 0 aromatic rings. The van der Waals surface area contributed by atoms with E-state index in [-0.39, 0.29) is 0 Å². The molecule has 0 fully saturated rings. The van der Waals surface area contributed by atoms with Crippen LogP contribution in [0.1, 0.15) is 26.7 Å².